The van der Waals surface area contributed by atoms with Crippen LogP contribution in [0, 0.1) is 5.92 Å². The number of carbonyl (C=O) groups is 6. The number of fused-ring (bicyclic) bond motifs is 1. The fourth-order valence-electron chi connectivity index (χ4n) is 6.13. The molecule has 0 saturated carbocycles. The van der Waals surface area contributed by atoms with Gasteiger partial charge in [0.2, 0.25) is 35.4 Å². The third kappa shape index (κ3) is 10.5. The summed E-state index contributed by atoms with van der Waals surface area (Å²) in [6.07, 6.45) is 2.99. The molecule has 2 saturated heterocycles. The zero-order valence-corrected chi connectivity index (χ0v) is 29.4. The molecule has 0 aromatic heterocycles. The van der Waals surface area contributed by atoms with E-state index in [9.17, 15) is 28.8 Å². The minimum Gasteiger partial charge on any atom is -0.351 e. The Kier molecular flexibility index (Phi) is 13.6. The van der Waals surface area contributed by atoms with Crippen LogP contribution >= 0.6 is 11.8 Å². The zero-order valence-electron chi connectivity index (χ0n) is 28.6. The van der Waals surface area contributed by atoms with Gasteiger partial charge in [0.15, 0.2) is 0 Å². The van der Waals surface area contributed by atoms with E-state index in [4.69, 9.17) is 0 Å². The summed E-state index contributed by atoms with van der Waals surface area (Å²) in [6, 6.07) is 13.5. The lowest BCUT2D eigenvalue weighted by Gasteiger charge is -2.32. The number of benzene rings is 2. The van der Waals surface area contributed by atoms with Gasteiger partial charge < -0.3 is 31.5 Å². The lowest BCUT2D eigenvalue weighted by molar-refractivity contribution is -0.143. The van der Waals surface area contributed by atoms with Crippen LogP contribution < -0.4 is 26.6 Å². The Hall–Kier alpha value is -4.39. The van der Waals surface area contributed by atoms with Crippen LogP contribution in [-0.2, 0) is 35.2 Å². The van der Waals surface area contributed by atoms with E-state index < -0.39 is 65.8 Å². The Morgan fingerprint density at radius 2 is 1.57 bits per heavy atom. The predicted molar refractivity (Wildman–Crippen MR) is 188 cm³/mol. The van der Waals surface area contributed by atoms with Crippen molar-refractivity contribution in [1.82, 2.24) is 31.5 Å². The summed E-state index contributed by atoms with van der Waals surface area (Å²) in [4.78, 5) is 82.8. The SMILES string of the molecule is CSCC[C@@H]1NC(=O)C[C@@H](c2ccccc2)NC(=O)[C@H](C)NC(=O)[C@@H]2C[C@H](NC(=O)CCc3ccccc3)CN2C(=O)[C@H](C(C)C)NC1=O. The number of nitrogens with one attached hydrogen (secondary N) is 5. The third-order valence-electron chi connectivity index (χ3n) is 8.89. The molecule has 2 fully saturated rings. The van der Waals surface area contributed by atoms with E-state index in [1.807, 2.05) is 42.7 Å². The molecule has 49 heavy (non-hydrogen) atoms. The highest BCUT2D eigenvalue weighted by atomic mass is 32.2. The molecule has 2 heterocycles. The monoisotopic (exact) mass is 692 g/mol. The Morgan fingerprint density at radius 1 is 0.898 bits per heavy atom. The summed E-state index contributed by atoms with van der Waals surface area (Å²) in [6.45, 7) is 5.18. The van der Waals surface area contributed by atoms with Crippen molar-refractivity contribution in [2.24, 2.45) is 5.92 Å². The Morgan fingerprint density at radius 3 is 2.22 bits per heavy atom. The number of thioether (sulfide) groups is 1. The maximum Gasteiger partial charge on any atom is 0.246 e. The normalized spacial score (nSPS) is 25.6. The highest BCUT2D eigenvalue weighted by Crippen LogP contribution is 2.23. The summed E-state index contributed by atoms with van der Waals surface area (Å²) in [7, 11) is 0. The summed E-state index contributed by atoms with van der Waals surface area (Å²) in [5.74, 6) is -2.49. The van der Waals surface area contributed by atoms with Crippen LogP contribution in [0.5, 0.6) is 0 Å². The molecule has 264 valence electrons. The Bertz CT molecular complexity index is 1470. The van der Waals surface area contributed by atoms with Crippen molar-refractivity contribution in [3.63, 3.8) is 0 Å². The van der Waals surface area contributed by atoms with Gasteiger partial charge in [-0.15, -0.1) is 0 Å². The second-order valence-corrected chi connectivity index (χ2v) is 14.0. The lowest BCUT2D eigenvalue weighted by Crippen LogP contribution is -2.59. The predicted octanol–water partition coefficient (Wildman–Crippen LogP) is 1.85. The van der Waals surface area contributed by atoms with Crippen molar-refractivity contribution >= 4 is 47.2 Å². The van der Waals surface area contributed by atoms with Gasteiger partial charge in [-0.25, -0.2) is 0 Å². The summed E-state index contributed by atoms with van der Waals surface area (Å²) in [5.41, 5.74) is 1.71. The number of hydrogen-bond acceptors (Lipinski definition) is 7. The van der Waals surface area contributed by atoms with Crippen molar-refractivity contribution in [1.29, 1.82) is 0 Å². The van der Waals surface area contributed by atoms with E-state index in [1.54, 1.807) is 38.1 Å². The number of amides is 6. The van der Waals surface area contributed by atoms with Crippen molar-refractivity contribution in [2.75, 3.05) is 18.6 Å². The van der Waals surface area contributed by atoms with E-state index >= 15 is 0 Å². The van der Waals surface area contributed by atoms with Gasteiger partial charge in [-0.3, -0.25) is 28.8 Å². The molecule has 5 N–H and O–H groups in total. The molecule has 0 spiro atoms. The molecule has 2 aromatic rings. The van der Waals surface area contributed by atoms with E-state index in [2.05, 4.69) is 26.6 Å². The second-order valence-electron chi connectivity index (χ2n) is 13.0. The maximum atomic E-state index is 14.2. The first-order valence-electron chi connectivity index (χ1n) is 16.8. The van der Waals surface area contributed by atoms with Gasteiger partial charge in [-0.1, -0.05) is 74.5 Å². The molecule has 13 heteroatoms. The van der Waals surface area contributed by atoms with Crippen LogP contribution in [0.3, 0.4) is 0 Å². The van der Waals surface area contributed by atoms with Crippen LogP contribution in [0.2, 0.25) is 0 Å². The third-order valence-corrected chi connectivity index (χ3v) is 9.53. The quantitative estimate of drug-likeness (QED) is 0.268. The number of carbonyl (C=O) groups excluding carboxylic acids is 6. The topological polar surface area (TPSA) is 166 Å². The summed E-state index contributed by atoms with van der Waals surface area (Å²) >= 11 is 1.52. The fraction of sp³-hybridized carbons (Fsp3) is 0.500. The molecule has 0 unspecified atom stereocenters. The first-order valence-corrected chi connectivity index (χ1v) is 18.2. The number of rotatable bonds is 9. The van der Waals surface area contributed by atoms with E-state index in [-0.39, 0.29) is 37.6 Å². The van der Waals surface area contributed by atoms with E-state index in [0.29, 0.717) is 24.2 Å². The van der Waals surface area contributed by atoms with Crippen LogP contribution in [0.15, 0.2) is 60.7 Å². The van der Waals surface area contributed by atoms with Crippen molar-refractivity contribution in [3.8, 4) is 0 Å². The molecule has 12 nitrogen and oxygen atoms in total. The van der Waals surface area contributed by atoms with Crippen LogP contribution in [0.1, 0.15) is 63.6 Å². The molecule has 6 atom stereocenters. The molecule has 0 radical (unpaired) electrons. The minimum atomic E-state index is -1.00. The number of nitrogens with zero attached hydrogens (tertiary/aromatic N) is 1. The molecule has 0 bridgehead atoms. The smallest absolute Gasteiger partial charge is 0.246 e. The summed E-state index contributed by atoms with van der Waals surface area (Å²) < 4.78 is 0. The zero-order chi connectivity index (χ0) is 35.5. The van der Waals surface area contributed by atoms with Crippen LogP contribution in [0.4, 0.5) is 0 Å². The van der Waals surface area contributed by atoms with Gasteiger partial charge in [-0.05, 0) is 55.2 Å². The molecule has 6 amide bonds. The average Bonchev–Trinajstić information content (AvgIpc) is 3.51. The van der Waals surface area contributed by atoms with Gasteiger partial charge in [-0.2, -0.15) is 11.8 Å². The van der Waals surface area contributed by atoms with Crippen molar-refractivity contribution in [3.05, 3.63) is 71.8 Å². The average molecular weight is 693 g/mol. The number of aryl methyl sites for hydroxylation is 1. The fourth-order valence-corrected chi connectivity index (χ4v) is 6.61. The van der Waals surface area contributed by atoms with Gasteiger partial charge >= 0.3 is 0 Å². The molecule has 2 aliphatic heterocycles. The molecule has 4 rings (SSSR count). The minimum absolute atomic E-state index is 0.0520. The molecular weight excluding hydrogens is 644 g/mol. The first-order chi connectivity index (χ1) is 23.5. The highest BCUT2D eigenvalue weighted by molar-refractivity contribution is 7.98. The molecule has 2 aromatic carbocycles. The number of hydrogen-bond donors (Lipinski definition) is 5. The Balaban J connectivity index is 1.62. The van der Waals surface area contributed by atoms with Gasteiger partial charge in [0, 0.05) is 19.0 Å². The Labute approximate surface area is 292 Å². The van der Waals surface area contributed by atoms with Crippen LogP contribution in [-0.4, -0.2) is 89.1 Å². The van der Waals surface area contributed by atoms with E-state index in [1.165, 1.54) is 23.6 Å². The van der Waals surface area contributed by atoms with Crippen LogP contribution in [0.25, 0.3) is 0 Å². The van der Waals surface area contributed by atoms with E-state index in [0.717, 1.165) is 5.56 Å². The molecular formula is C36H48N6O6S. The lowest BCUT2D eigenvalue weighted by atomic mass is 10.0. The largest absolute Gasteiger partial charge is 0.351 e. The molecule has 0 aliphatic carbocycles. The standard InChI is InChI=1S/C36H48N6O6S/c1-22(2)32-36(48)42-21-26(38-30(43)16-15-24-11-7-5-8-12-24)19-29(42)35(47)37-23(3)33(45)40-28(25-13-9-6-10-14-25)20-31(44)39-27(17-18-49-4)34(46)41-32/h5-14,22-23,26-29,32H,15-21H2,1-4H3,(H,37,47)(H,38,43)(H,39,44)(H,40,45)(H,41,46)/t23-,26-,27-,28-,29-,32-/m0/s1. The second kappa shape index (κ2) is 17.8. The highest BCUT2D eigenvalue weighted by Gasteiger charge is 2.44. The van der Waals surface area contributed by atoms with Gasteiger partial charge in [0.25, 0.3) is 0 Å². The first kappa shape index (κ1) is 37.4. The molecule has 2 aliphatic rings. The summed E-state index contributed by atoms with van der Waals surface area (Å²) in [5, 5.41) is 14.3. The van der Waals surface area contributed by atoms with Crippen molar-refractivity contribution in [2.45, 2.75) is 89.1 Å². The van der Waals surface area contributed by atoms with Crippen molar-refractivity contribution < 1.29 is 28.8 Å². The van der Waals surface area contributed by atoms with Gasteiger partial charge in [0.1, 0.15) is 24.2 Å². The maximum absolute atomic E-state index is 14.2. The van der Waals surface area contributed by atoms with Gasteiger partial charge in [0.05, 0.1) is 12.5 Å².